The van der Waals surface area contributed by atoms with E-state index in [0.717, 1.165) is 39.0 Å². The van der Waals surface area contributed by atoms with Gasteiger partial charge in [0, 0.05) is 19.4 Å². The zero-order chi connectivity index (χ0) is 12.8. The van der Waals surface area contributed by atoms with E-state index in [1.54, 1.807) is 6.20 Å². The van der Waals surface area contributed by atoms with Crippen molar-refractivity contribution < 1.29 is 9.47 Å². The summed E-state index contributed by atoms with van der Waals surface area (Å²) >= 11 is 6.04. The molecule has 6 heteroatoms. The number of hydrogen-bond acceptors (Lipinski definition) is 5. The SMILES string of the molecule is CCCNc1ncc(Cl)c(OC2CCOCC2)n1. The number of anilines is 1. The van der Waals surface area contributed by atoms with Crippen molar-refractivity contribution in [2.45, 2.75) is 32.3 Å². The Bertz CT molecular complexity index is 384. The fourth-order valence-corrected chi connectivity index (χ4v) is 1.84. The first-order chi connectivity index (χ1) is 8.79. The van der Waals surface area contributed by atoms with E-state index in [1.165, 1.54) is 0 Å². The molecule has 0 bridgehead atoms. The van der Waals surface area contributed by atoms with Gasteiger partial charge in [0.15, 0.2) is 0 Å². The molecule has 0 amide bonds. The van der Waals surface area contributed by atoms with Crippen molar-refractivity contribution in [3.05, 3.63) is 11.2 Å². The van der Waals surface area contributed by atoms with Crippen LogP contribution in [0.4, 0.5) is 5.95 Å². The van der Waals surface area contributed by atoms with Crippen LogP contribution in [0, 0.1) is 0 Å². The number of halogens is 1. The molecule has 0 unspecified atom stereocenters. The van der Waals surface area contributed by atoms with Gasteiger partial charge in [-0.1, -0.05) is 18.5 Å². The second-order valence-electron chi connectivity index (χ2n) is 4.20. The second-order valence-corrected chi connectivity index (χ2v) is 4.61. The Hall–Kier alpha value is -1.07. The molecule has 1 aliphatic heterocycles. The second kappa shape index (κ2) is 6.75. The van der Waals surface area contributed by atoms with Gasteiger partial charge < -0.3 is 14.8 Å². The van der Waals surface area contributed by atoms with Crippen molar-refractivity contribution in [2.75, 3.05) is 25.1 Å². The van der Waals surface area contributed by atoms with Crippen LogP contribution in [0.2, 0.25) is 5.02 Å². The molecule has 0 atom stereocenters. The molecule has 0 aromatic carbocycles. The van der Waals surface area contributed by atoms with E-state index in [1.807, 2.05) is 0 Å². The third-order valence-electron chi connectivity index (χ3n) is 2.69. The fraction of sp³-hybridized carbons (Fsp3) is 0.667. The molecule has 2 rings (SSSR count). The maximum absolute atomic E-state index is 6.04. The van der Waals surface area contributed by atoms with Gasteiger partial charge in [-0.2, -0.15) is 4.98 Å². The Labute approximate surface area is 112 Å². The van der Waals surface area contributed by atoms with Crippen LogP contribution in [0.15, 0.2) is 6.20 Å². The zero-order valence-corrected chi connectivity index (χ0v) is 11.2. The molecule has 0 radical (unpaired) electrons. The standard InChI is InChI=1S/C12H18ClN3O2/c1-2-5-14-12-15-8-10(13)11(16-12)18-9-3-6-17-7-4-9/h8-9H,2-7H2,1H3,(H,14,15,16). The number of aromatic nitrogens is 2. The van der Waals surface area contributed by atoms with E-state index < -0.39 is 0 Å². The summed E-state index contributed by atoms with van der Waals surface area (Å²) in [5.41, 5.74) is 0. The Morgan fingerprint density at radius 1 is 1.50 bits per heavy atom. The largest absolute Gasteiger partial charge is 0.473 e. The quantitative estimate of drug-likeness (QED) is 0.892. The molecular weight excluding hydrogens is 254 g/mol. The van der Waals surface area contributed by atoms with Crippen LogP contribution in [0.5, 0.6) is 5.88 Å². The van der Waals surface area contributed by atoms with Crippen LogP contribution in [-0.4, -0.2) is 35.8 Å². The summed E-state index contributed by atoms with van der Waals surface area (Å²) in [6.07, 6.45) is 4.46. The monoisotopic (exact) mass is 271 g/mol. The number of nitrogens with zero attached hydrogens (tertiary/aromatic N) is 2. The Morgan fingerprint density at radius 3 is 3.00 bits per heavy atom. The average Bonchev–Trinajstić information content (AvgIpc) is 2.41. The predicted octanol–water partition coefficient (Wildman–Crippen LogP) is 2.51. The summed E-state index contributed by atoms with van der Waals surface area (Å²) in [4.78, 5) is 8.40. The molecule has 2 heterocycles. The average molecular weight is 272 g/mol. The Balaban J connectivity index is 2.00. The summed E-state index contributed by atoms with van der Waals surface area (Å²) in [5.74, 6) is 1.01. The van der Waals surface area contributed by atoms with Gasteiger partial charge in [-0.15, -0.1) is 0 Å². The molecule has 0 spiro atoms. The molecule has 1 aliphatic rings. The van der Waals surface area contributed by atoms with Crippen molar-refractivity contribution in [1.82, 2.24) is 9.97 Å². The summed E-state index contributed by atoms with van der Waals surface area (Å²) in [6.45, 7) is 4.38. The minimum absolute atomic E-state index is 0.130. The number of rotatable bonds is 5. The van der Waals surface area contributed by atoms with E-state index in [9.17, 15) is 0 Å². The van der Waals surface area contributed by atoms with Crippen LogP contribution in [0.3, 0.4) is 0 Å². The van der Waals surface area contributed by atoms with Crippen LogP contribution < -0.4 is 10.1 Å². The third-order valence-corrected chi connectivity index (χ3v) is 2.95. The predicted molar refractivity (Wildman–Crippen MR) is 70.3 cm³/mol. The molecule has 0 saturated carbocycles. The highest BCUT2D eigenvalue weighted by Crippen LogP contribution is 2.25. The molecule has 1 aromatic rings. The summed E-state index contributed by atoms with van der Waals surface area (Å²) in [5, 5.41) is 3.56. The van der Waals surface area contributed by atoms with E-state index in [4.69, 9.17) is 21.1 Å². The van der Waals surface area contributed by atoms with E-state index in [0.29, 0.717) is 16.9 Å². The van der Waals surface area contributed by atoms with Gasteiger partial charge in [0.25, 0.3) is 0 Å². The topological polar surface area (TPSA) is 56.3 Å². The van der Waals surface area contributed by atoms with Crippen LogP contribution >= 0.6 is 11.6 Å². The van der Waals surface area contributed by atoms with Gasteiger partial charge in [-0.05, 0) is 6.42 Å². The lowest BCUT2D eigenvalue weighted by Gasteiger charge is -2.23. The molecular formula is C12H18ClN3O2. The van der Waals surface area contributed by atoms with E-state index >= 15 is 0 Å². The third kappa shape index (κ3) is 3.71. The molecule has 100 valence electrons. The maximum Gasteiger partial charge on any atom is 0.237 e. The molecule has 1 aromatic heterocycles. The van der Waals surface area contributed by atoms with Crippen molar-refractivity contribution >= 4 is 17.5 Å². The lowest BCUT2D eigenvalue weighted by Crippen LogP contribution is -2.26. The normalized spacial score (nSPS) is 16.6. The fourth-order valence-electron chi connectivity index (χ4n) is 1.71. The van der Waals surface area contributed by atoms with Crippen molar-refractivity contribution in [2.24, 2.45) is 0 Å². The van der Waals surface area contributed by atoms with Gasteiger partial charge in [0.1, 0.15) is 11.1 Å². The number of hydrogen-bond donors (Lipinski definition) is 1. The number of nitrogens with one attached hydrogen (secondary N) is 1. The van der Waals surface area contributed by atoms with E-state index in [2.05, 4.69) is 22.2 Å². The van der Waals surface area contributed by atoms with Crippen LogP contribution in [0.1, 0.15) is 26.2 Å². The van der Waals surface area contributed by atoms with Gasteiger partial charge >= 0.3 is 0 Å². The van der Waals surface area contributed by atoms with Gasteiger partial charge in [-0.25, -0.2) is 4.98 Å². The summed E-state index contributed by atoms with van der Waals surface area (Å²) in [6, 6.07) is 0. The van der Waals surface area contributed by atoms with Crippen molar-refractivity contribution in [3.8, 4) is 5.88 Å². The zero-order valence-electron chi connectivity index (χ0n) is 10.5. The summed E-state index contributed by atoms with van der Waals surface area (Å²) < 4.78 is 11.1. The molecule has 1 N–H and O–H groups in total. The number of ether oxygens (including phenoxy) is 2. The van der Waals surface area contributed by atoms with Crippen LogP contribution in [0.25, 0.3) is 0 Å². The lowest BCUT2D eigenvalue weighted by atomic mass is 10.2. The highest BCUT2D eigenvalue weighted by molar-refractivity contribution is 6.31. The lowest BCUT2D eigenvalue weighted by molar-refractivity contribution is 0.0238. The van der Waals surface area contributed by atoms with Gasteiger partial charge in [0.2, 0.25) is 11.8 Å². The smallest absolute Gasteiger partial charge is 0.237 e. The minimum atomic E-state index is 0.130. The molecule has 1 saturated heterocycles. The van der Waals surface area contributed by atoms with Gasteiger partial charge in [0.05, 0.1) is 19.4 Å². The van der Waals surface area contributed by atoms with E-state index in [-0.39, 0.29) is 6.10 Å². The molecule has 1 fully saturated rings. The minimum Gasteiger partial charge on any atom is -0.473 e. The highest BCUT2D eigenvalue weighted by Gasteiger charge is 2.18. The molecule has 5 nitrogen and oxygen atoms in total. The Morgan fingerprint density at radius 2 is 2.28 bits per heavy atom. The Kier molecular flexibility index (Phi) is 5.01. The van der Waals surface area contributed by atoms with Crippen molar-refractivity contribution in [3.63, 3.8) is 0 Å². The van der Waals surface area contributed by atoms with Crippen LogP contribution in [-0.2, 0) is 4.74 Å². The highest BCUT2D eigenvalue weighted by atomic mass is 35.5. The molecule has 18 heavy (non-hydrogen) atoms. The molecule has 0 aliphatic carbocycles. The first-order valence-electron chi connectivity index (χ1n) is 6.30. The van der Waals surface area contributed by atoms with Crippen molar-refractivity contribution in [1.29, 1.82) is 0 Å². The first-order valence-corrected chi connectivity index (χ1v) is 6.68. The first kappa shape index (κ1) is 13.4. The van der Waals surface area contributed by atoms with Gasteiger partial charge in [-0.3, -0.25) is 0 Å². The maximum atomic E-state index is 6.04. The summed E-state index contributed by atoms with van der Waals surface area (Å²) in [7, 11) is 0.